The van der Waals surface area contributed by atoms with E-state index in [1.165, 1.54) is 42.3 Å². The van der Waals surface area contributed by atoms with Gasteiger partial charge >= 0.3 is 0 Å². The third-order valence-corrected chi connectivity index (χ3v) is 6.88. The van der Waals surface area contributed by atoms with Crippen LogP contribution in [-0.4, -0.2) is 37.0 Å². The van der Waals surface area contributed by atoms with Crippen molar-refractivity contribution in [2.75, 3.05) is 30.0 Å². The molecule has 0 spiro atoms. The maximum Gasteiger partial charge on any atom is 0.300 e. The number of ketones is 1. The largest absolute Gasteiger partial charge is 0.507 e. The average Bonchev–Trinajstić information content (AvgIpc) is 3.52. The Balaban J connectivity index is 1.66. The molecule has 36 heavy (non-hydrogen) atoms. The Labute approximate surface area is 213 Å². The molecule has 3 aromatic carbocycles. The van der Waals surface area contributed by atoms with Gasteiger partial charge in [-0.1, -0.05) is 23.7 Å². The third kappa shape index (κ3) is 4.20. The number of hydrogen-bond donors (Lipinski definition) is 1. The van der Waals surface area contributed by atoms with Gasteiger partial charge in [-0.15, -0.1) is 0 Å². The van der Waals surface area contributed by atoms with Gasteiger partial charge in [-0.3, -0.25) is 14.5 Å². The Bertz CT molecular complexity index is 1350. The quantitative estimate of drug-likeness (QED) is 0.272. The number of amides is 1. The number of hydrogen-bond acceptors (Lipinski definition) is 5. The van der Waals surface area contributed by atoms with Gasteiger partial charge < -0.3 is 14.7 Å². The number of rotatable bonds is 5. The van der Waals surface area contributed by atoms with Crippen molar-refractivity contribution in [3.63, 3.8) is 0 Å². The van der Waals surface area contributed by atoms with E-state index in [1.54, 1.807) is 24.3 Å². The molecule has 2 aliphatic heterocycles. The molecule has 0 bridgehead atoms. The lowest BCUT2D eigenvalue weighted by Gasteiger charge is -2.26. The molecule has 6 nitrogen and oxygen atoms in total. The molecule has 184 valence electrons. The van der Waals surface area contributed by atoms with E-state index < -0.39 is 29.3 Å². The first kappa shape index (κ1) is 23.9. The third-order valence-electron chi connectivity index (χ3n) is 6.65. The van der Waals surface area contributed by atoms with Gasteiger partial charge in [-0.25, -0.2) is 4.39 Å². The zero-order valence-electron chi connectivity index (χ0n) is 19.6. The molecule has 2 saturated heterocycles. The maximum absolute atomic E-state index is 13.8. The number of ether oxygens (including phenoxy) is 1. The molecule has 1 N–H and O–H groups in total. The SMILES string of the molecule is COc1ccc(Cl)cc1/C(O)=C1\C(=O)C(=O)N(c2ccc(N3CCCC3)cc2)C1c1ccc(F)cc1. The molecule has 1 unspecified atom stereocenters. The van der Waals surface area contributed by atoms with Crippen LogP contribution in [0.15, 0.2) is 72.3 Å². The van der Waals surface area contributed by atoms with E-state index >= 15 is 0 Å². The number of aliphatic hydroxyl groups excluding tert-OH is 1. The van der Waals surface area contributed by atoms with E-state index in [1.807, 2.05) is 12.1 Å². The number of benzene rings is 3. The first-order chi connectivity index (χ1) is 17.4. The number of Topliss-reactive ketones (excluding diaryl/α,β-unsaturated/α-hetero) is 1. The first-order valence-corrected chi connectivity index (χ1v) is 12.0. The van der Waals surface area contributed by atoms with Crippen molar-refractivity contribution in [1.82, 2.24) is 0 Å². The van der Waals surface area contributed by atoms with Crippen molar-refractivity contribution >= 4 is 40.4 Å². The highest BCUT2D eigenvalue weighted by Gasteiger charge is 2.47. The molecule has 0 radical (unpaired) electrons. The van der Waals surface area contributed by atoms with Gasteiger partial charge in [-0.05, 0) is 73.0 Å². The Morgan fingerprint density at radius 2 is 1.61 bits per heavy atom. The number of anilines is 2. The highest BCUT2D eigenvalue weighted by molar-refractivity contribution is 6.51. The second kappa shape index (κ2) is 9.66. The molecule has 8 heteroatoms. The summed E-state index contributed by atoms with van der Waals surface area (Å²) in [5, 5.41) is 11.7. The summed E-state index contributed by atoms with van der Waals surface area (Å²) < 4.78 is 19.1. The lowest BCUT2D eigenvalue weighted by atomic mass is 9.94. The lowest BCUT2D eigenvalue weighted by Crippen LogP contribution is -2.29. The molecule has 1 amide bonds. The second-order valence-electron chi connectivity index (χ2n) is 8.78. The minimum Gasteiger partial charge on any atom is -0.507 e. The molecule has 2 heterocycles. The van der Waals surface area contributed by atoms with Crippen LogP contribution in [-0.2, 0) is 9.59 Å². The molecule has 5 rings (SSSR count). The smallest absolute Gasteiger partial charge is 0.300 e. The van der Waals surface area contributed by atoms with Crippen LogP contribution < -0.4 is 14.5 Å². The monoisotopic (exact) mass is 506 g/mol. The molecular weight excluding hydrogens is 483 g/mol. The standard InChI is InChI=1S/C28H24ClFN2O4/c1-36-23-13-6-18(29)16-22(23)26(33)24-25(17-4-7-19(30)8-5-17)32(28(35)27(24)34)21-11-9-20(10-12-21)31-14-2-3-15-31/h4-13,16,25,33H,2-3,14-15H2,1H3/b26-24+. The highest BCUT2D eigenvalue weighted by Crippen LogP contribution is 2.44. The van der Waals surface area contributed by atoms with Crippen LogP contribution in [0.1, 0.15) is 30.0 Å². The van der Waals surface area contributed by atoms with Crippen LogP contribution in [0.25, 0.3) is 5.76 Å². The summed E-state index contributed by atoms with van der Waals surface area (Å²) in [5.41, 5.74) is 2.05. The maximum atomic E-state index is 13.8. The summed E-state index contributed by atoms with van der Waals surface area (Å²) in [6.45, 7) is 1.95. The van der Waals surface area contributed by atoms with Gasteiger partial charge in [0.05, 0.1) is 24.3 Å². The molecular formula is C28H24ClFN2O4. The van der Waals surface area contributed by atoms with Gasteiger partial charge in [0, 0.05) is 29.5 Å². The molecule has 0 aromatic heterocycles. The summed E-state index contributed by atoms with van der Waals surface area (Å²) in [7, 11) is 1.43. The fourth-order valence-corrected chi connectivity index (χ4v) is 5.04. The normalized spacial score (nSPS) is 19.2. The van der Waals surface area contributed by atoms with E-state index in [0.29, 0.717) is 16.3 Å². The van der Waals surface area contributed by atoms with Crippen LogP contribution in [0.2, 0.25) is 5.02 Å². The van der Waals surface area contributed by atoms with Crippen molar-refractivity contribution in [3.8, 4) is 5.75 Å². The summed E-state index contributed by atoms with van der Waals surface area (Å²) in [5.74, 6) is -2.23. The van der Waals surface area contributed by atoms with Crippen LogP contribution >= 0.6 is 11.6 Å². The zero-order valence-corrected chi connectivity index (χ0v) is 20.3. The van der Waals surface area contributed by atoms with Crippen molar-refractivity contribution < 1.29 is 23.8 Å². The van der Waals surface area contributed by atoms with Crippen LogP contribution in [0, 0.1) is 5.82 Å². The van der Waals surface area contributed by atoms with Gasteiger partial charge in [0.1, 0.15) is 17.3 Å². The first-order valence-electron chi connectivity index (χ1n) is 11.6. The molecule has 2 fully saturated rings. The number of carbonyl (C=O) groups excluding carboxylic acids is 2. The molecule has 3 aromatic rings. The Morgan fingerprint density at radius 3 is 2.25 bits per heavy atom. The van der Waals surface area contributed by atoms with Crippen LogP contribution in [0.5, 0.6) is 5.75 Å². The molecule has 1 atom stereocenters. The zero-order chi connectivity index (χ0) is 25.4. The van der Waals surface area contributed by atoms with E-state index in [0.717, 1.165) is 31.6 Å². The Morgan fingerprint density at radius 1 is 0.972 bits per heavy atom. The fourth-order valence-electron chi connectivity index (χ4n) is 4.87. The Kier molecular flexibility index (Phi) is 6.41. The summed E-state index contributed by atoms with van der Waals surface area (Å²) in [6.07, 6.45) is 2.27. The lowest BCUT2D eigenvalue weighted by molar-refractivity contribution is -0.132. The molecule has 2 aliphatic rings. The minimum absolute atomic E-state index is 0.129. The van der Waals surface area contributed by atoms with Crippen molar-refractivity contribution in [2.24, 2.45) is 0 Å². The van der Waals surface area contributed by atoms with Crippen molar-refractivity contribution in [3.05, 3.63) is 94.3 Å². The number of aliphatic hydroxyl groups is 1. The topological polar surface area (TPSA) is 70.1 Å². The fraction of sp³-hybridized carbons (Fsp3) is 0.214. The number of methoxy groups -OCH3 is 1. The number of carbonyl (C=O) groups is 2. The average molecular weight is 507 g/mol. The predicted octanol–water partition coefficient (Wildman–Crippen LogP) is 5.71. The van der Waals surface area contributed by atoms with Crippen molar-refractivity contribution in [1.29, 1.82) is 0 Å². The van der Waals surface area contributed by atoms with E-state index in [-0.39, 0.29) is 16.9 Å². The molecule has 0 aliphatic carbocycles. The summed E-state index contributed by atoms with van der Waals surface area (Å²) in [4.78, 5) is 30.3. The summed E-state index contributed by atoms with van der Waals surface area (Å²) >= 11 is 6.16. The number of halogens is 2. The highest BCUT2D eigenvalue weighted by atomic mass is 35.5. The summed E-state index contributed by atoms with van der Waals surface area (Å²) in [6, 6.07) is 16.6. The predicted molar refractivity (Wildman–Crippen MR) is 137 cm³/mol. The van der Waals surface area contributed by atoms with E-state index in [4.69, 9.17) is 16.3 Å². The second-order valence-corrected chi connectivity index (χ2v) is 9.21. The minimum atomic E-state index is -0.980. The van der Waals surface area contributed by atoms with Gasteiger partial charge in [0.25, 0.3) is 11.7 Å². The van der Waals surface area contributed by atoms with Gasteiger partial charge in [-0.2, -0.15) is 0 Å². The van der Waals surface area contributed by atoms with Crippen LogP contribution in [0.3, 0.4) is 0 Å². The van der Waals surface area contributed by atoms with E-state index in [9.17, 15) is 19.1 Å². The van der Waals surface area contributed by atoms with Crippen LogP contribution in [0.4, 0.5) is 15.8 Å². The van der Waals surface area contributed by atoms with E-state index in [2.05, 4.69) is 4.90 Å². The Hall–Kier alpha value is -3.84. The van der Waals surface area contributed by atoms with Gasteiger partial charge in [0.15, 0.2) is 0 Å². The number of nitrogens with zero attached hydrogens (tertiary/aromatic N) is 2. The van der Waals surface area contributed by atoms with Gasteiger partial charge in [0.2, 0.25) is 0 Å². The molecule has 0 saturated carbocycles. The van der Waals surface area contributed by atoms with Crippen molar-refractivity contribution in [2.45, 2.75) is 18.9 Å².